The Morgan fingerprint density at radius 3 is 2.42 bits per heavy atom. The van der Waals surface area contributed by atoms with Gasteiger partial charge in [-0.2, -0.15) is 13.9 Å². The summed E-state index contributed by atoms with van der Waals surface area (Å²) < 4.78 is 38.3. The zero-order valence-electron chi connectivity index (χ0n) is 22.2. The number of alkyl carbamates (subject to hydrolysis) is 1. The number of nitrogens with one attached hydrogen (secondary N) is 2. The average Bonchev–Trinajstić information content (AvgIpc) is 3.25. The molecule has 1 atom stereocenters. The highest BCUT2D eigenvalue weighted by molar-refractivity contribution is 5.97. The SMILES string of the molecule is CC(C)CC(NC(=O)OC(C)(C)C)C(=O)Nc1ccc(-c2cnn(Cc3ccccc3)c2)c(OC(F)F)c1. The van der Waals surface area contributed by atoms with Crippen molar-refractivity contribution in [1.82, 2.24) is 15.1 Å². The third-order valence-corrected chi connectivity index (χ3v) is 5.31. The van der Waals surface area contributed by atoms with Crippen LogP contribution < -0.4 is 15.4 Å². The minimum absolute atomic E-state index is 0.0909. The Labute approximate surface area is 221 Å². The number of aromatic nitrogens is 2. The normalized spacial score (nSPS) is 12.3. The zero-order valence-corrected chi connectivity index (χ0v) is 22.2. The first-order valence-electron chi connectivity index (χ1n) is 12.4. The van der Waals surface area contributed by atoms with E-state index in [1.54, 1.807) is 50.0 Å². The quantitative estimate of drug-likeness (QED) is 0.333. The maximum absolute atomic E-state index is 13.3. The van der Waals surface area contributed by atoms with Crippen molar-refractivity contribution < 1.29 is 27.8 Å². The predicted octanol–water partition coefficient (Wildman–Crippen LogP) is 6.08. The van der Waals surface area contributed by atoms with E-state index >= 15 is 0 Å². The molecule has 3 aromatic rings. The molecule has 38 heavy (non-hydrogen) atoms. The van der Waals surface area contributed by atoms with Gasteiger partial charge in [0, 0.05) is 29.1 Å². The number of alkyl halides is 2. The molecule has 2 amide bonds. The van der Waals surface area contributed by atoms with E-state index in [0.29, 0.717) is 24.1 Å². The van der Waals surface area contributed by atoms with Crippen LogP contribution in [-0.2, 0) is 16.1 Å². The Morgan fingerprint density at radius 2 is 1.79 bits per heavy atom. The number of benzene rings is 2. The van der Waals surface area contributed by atoms with Crippen LogP contribution in [0.3, 0.4) is 0 Å². The van der Waals surface area contributed by atoms with Gasteiger partial charge < -0.3 is 20.1 Å². The van der Waals surface area contributed by atoms with E-state index in [2.05, 4.69) is 15.7 Å². The number of halogens is 2. The van der Waals surface area contributed by atoms with Gasteiger partial charge in [-0.15, -0.1) is 0 Å². The molecule has 8 nitrogen and oxygen atoms in total. The summed E-state index contributed by atoms with van der Waals surface area (Å²) in [5, 5.41) is 9.62. The van der Waals surface area contributed by atoms with Crippen molar-refractivity contribution in [2.45, 2.75) is 65.8 Å². The van der Waals surface area contributed by atoms with Crippen molar-refractivity contribution in [3.8, 4) is 16.9 Å². The molecule has 0 aliphatic carbocycles. The van der Waals surface area contributed by atoms with E-state index in [9.17, 15) is 18.4 Å². The summed E-state index contributed by atoms with van der Waals surface area (Å²) in [5.74, 6) is -0.526. The molecule has 0 aliphatic rings. The Kier molecular flexibility index (Phi) is 9.44. The minimum atomic E-state index is -3.07. The first kappa shape index (κ1) is 28.6. The molecule has 0 saturated carbocycles. The molecule has 0 fully saturated rings. The average molecular weight is 529 g/mol. The fraction of sp³-hybridized carbons (Fsp3) is 0.393. The monoisotopic (exact) mass is 528 g/mol. The largest absolute Gasteiger partial charge is 0.444 e. The number of rotatable bonds is 10. The number of nitrogens with zero attached hydrogens (tertiary/aromatic N) is 2. The Balaban J connectivity index is 1.80. The van der Waals surface area contributed by atoms with Crippen molar-refractivity contribution in [2.24, 2.45) is 5.92 Å². The van der Waals surface area contributed by atoms with Gasteiger partial charge in [-0.1, -0.05) is 44.2 Å². The van der Waals surface area contributed by atoms with Crippen molar-refractivity contribution in [1.29, 1.82) is 0 Å². The summed E-state index contributed by atoms with van der Waals surface area (Å²) >= 11 is 0. The van der Waals surface area contributed by atoms with E-state index in [4.69, 9.17) is 9.47 Å². The molecule has 3 rings (SSSR count). The molecular weight excluding hydrogens is 494 g/mol. The Morgan fingerprint density at radius 1 is 1.08 bits per heavy atom. The molecule has 0 bridgehead atoms. The number of hydrogen-bond donors (Lipinski definition) is 2. The number of carbonyl (C=O) groups excluding carboxylic acids is 2. The Bertz CT molecular complexity index is 1220. The third-order valence-electron chi connectivity index (χ3n) is 5.31. The molecular formula is C28H34F2N4O4. The van der Waals surface area contributed by atoms with Crippen LogP contribution in [-0.4, -0.2) is 40.0 Å². The summed E-state index contributed by atoms with van der Waals surface area (Å²) in [5.41, 5.74) is 1.54. The van der Waals surface area contributed by atoms with E-state index in [0.717, 1.165) is 5.56 Å². The van der Waals surface area contributed by atoms with E-state index in [1.807, 2.05) is 44.2 Å². The number of amides is 2. The molecule has 1 aromatic heterocycles. The number of anilines is 1. The second-order valence-corrected chi connectivity index (χ2v) is 10.3. The van der Waals surface area contributed by atoms with Gasteiger partial charge in [-0.3, -0.25) is 9.48 Å². The molecule has 2 aromatic carbocycles. The second-order valence-electron chi connectivity index (χ2n) is 10.3. The van der Waals surface area contributed by atoms with Crippen LogP contribution in [0.25, 0.3) is 11.1 Å². The molecule has 1 unspecified atom stereocenters. The highest BCUT2D eigenvalue weighted by atomic mass is 19.3. The number of hydrogen-bond acceptors (Lipinski definition) is 5. The van der Waals surface area contributed by atoms with Crippen LogP contribution in [0.2, 0.25) is 0 Å². The van der Waals surface area contributed by atoms with Crippen LogP contribution in [0, 0.1) is 5.92 Å². The summed E-state index contributed by atoms with van der Waals surface area (Å²) in [6.45, 7) is 6.45. The van der Waals surface area contributed by atoms with Gasteiger partial charge in [0.25, 0.3) is 0 Å². The standard InChI is InChI=1S/C28H34F2N4O4/c1-18(2)13-23(33-27(36)38-28(3,4)5)25(35)32-21-11-12-22(24(14-21)37-26(29)30)20-15-31-34(17-20)16-19-9-7-6-8-10-19/h6-12,14-15,17-18,23,26H,13,16H2,1-5H3,(H,32,35)(H,33,36). The second kappa shape index (κ2) is 12.5. The van der Waals surface area contributed by atoms with Gasteiger partial charge in [0.15, 0.2) is 0 Å². The van der Waals surface area contributed by atoms with E-state index in [-0.39, 0.29) is 17.4 Å². The van der Waals surface area contributed by atoms with Crippen LogP contribution >= 0.6 is 0 Å². The molecule has 0 aliphatic heterocycles. The Hall–Kier alpha value is -3.95. The summed E-state index contributed by atoms with van der Waals surface area (Å²) in [4.78, 5) is 25.3. The smallest absolute Gasteiger partial charge is 0.408 e. The molecule has 0 spiro atoms. The number of carbonyl (C=O) groups is 2. The van der Waals surface area contributed by atoms with Crippen LogP contribution in [0.1, 0.15) is 46.6 Å². The van der Waals surface area contributed by atoms with Gasteiger partial charge in [0.05, 0.1) is 12.7 Å². The maximum Gasteiger partial charge on any atom is 0.408 e. The lowest BCUT2D eigenvalue weighted by Gasteiger charge is -2.24. The minimum Gasteiger partial charge on any atom is -0.444 e. The topological polar surface area (TPSA) is 94.5 Å². The van der Waals surface area contributed by atoms with Crippen LogP contribution in [0.4, 0.5) is 19.3 Å². The molecule has 10 heteroatoms. The van der Waals surface area contributed by atoms with Crippen molar-refractivity contribution in [3.63, 3.8) is 0 Å². The van der Waals surface area contributed by atoms with Crippen molar-refractivity contribution in [2.75, 3.05) is 5.32 Å². The highest BCUT2D eigenvalue weighted by Gasteiger charge is 2.26. The summed E-state index contributed by atoms with van der Waals surface area (Å²) in [7, 11) is 0. The fourth-order valence-corrected chi connectivity index (χ4v) is 3.77. The molecule has 0 radical (unpaired) electrons. The van der Waals surface area contributed by atoms with E-state index < -0.39 is 30.3 Å². The summed E-state index contributed by atoms with van der Waals surface area (Å²) in [6.07, 6.45) is 2.94. The third kappa shape index (κ3) is 8.86. The maximum atomic E-state index is 13.3. The molecule has 0 saturated heterocycles. The van der Waals surface area contributed by atoms with Crippen LogP contribution in [0.15, 0.2) is 60.9 Å². The van der Waals surface area contributed by atoms with Gasteiger partial charge in [0.2, 0.25) is 5.91 Å². The molecule has 204 valence electrons. The zero-order chi connectivity index (χ0) is 27.9. The van der Waals surface area contributed by atoms with Gasteiger partial charge in [-0.25, -0.2) is 4.79 Å². The van der Waals surface area contributed by atoms with Crippen molar-refractivity contribution >= 4 is 17.7 Å². The van der Waals surface area contributed by atoms with Gasteiger partial charge in [0.1, 0.15) is 17.4 Å². The lowest BCUT2D eigenvalue weighted by atomic mass is 10.0. The van der Waals surface area contributed by atoms with Crippen LogP contribution in [0.5, 0.6) is 5.75 Å². The van der Waals surface area contributed by atoms with Gasteiger partial charge >= 0.3 is 12.7 Å². The summed E-state index contributed by atoms with van der Waals surface area (Å²) in [6, 6.07) is 13.3. The lowest BCUT2D eigenvalue weighted by molar-refractivity contribution is -0.118. The highest BCUT2D eigenvalue weighted by Crippen LogP contribution is 2.34. The van der Waals surface area contributed by atoms with Crippen molar-refractivity contribution in [3.05, 3.63) is 66.5 Å². The lowest BCUT2D eigenvalue weighted by Crippen LogP contribution is -2.46. The van der Waals surface area contributed by atoms with E-state index in [1.165, 1.54) is 6.07 Å². The first-order chi connectivity index (χ1) is 17.9. The molecule has 2 N–H and O–H groups in total. The first-order valence-corrected chi connectivity index (χ1v) is 12.4. The molecule has 1 heterocycles. The fourth-order valence-electron chi connectivity index (χ4n) is 3.77. The van der Waals surface area contributed by atoms with Gasteiger partial charge in [-0.05, 0) is 50.8 Å². The number of ether oxygens (including phenoxy) is 2. The predicted molar refractivity (Wildman–Crippen MR) is 141 cm³/mol.